The van der Waals surface area contributed by atoms with Crippen molar-refractivity contribution in [1.29, 1.82) is 0 Å². The van der Waals surface area contributed by atoms with Crippen molar-refractivity contribution in [1.82, 2.24) is 9.55 Å². The van der Waals surface area contributed by atoms with Crippen molar-refractivity contribution in [2.24, 2.45) is 4.99 Å². The SMILES string of the molecule is O=C1C=Nc2cccc3ncn(c23)C1. The number of carbonyl (C=O) groups is 1. The second kappa shape index (κ2) is 2.51. The van der Waals surface area contributed by atoms with Gasteiger partial charge >= 0.3 is 0 Å². The first-order valence-electron chi connectivity index (χ1n) is 4.35. The monoisotopic (exact) mass is 185 g/mol. The van der Waals surface area contributed by atoms with E-state index in [-0.39, 0.29) is 5.78 Å². The van der Waals surface area contributed by atoms with Gasteiger partial charge in [-0.15, -0.1) is 0 Å². The van der Waals surface area contributed by atoms with Crippen LogP contribution in [0.5, 0.6) is 0 Å². The van der Waals surface area contributed by atoms with Crippen LogP contribution in [0.15, 0.2) is 29.5 Å². The Balaban J connectivity index is 2.45. The van der Waals surface area contributed by atoms with E-state index in [1.54, 1.807) is 6.33 Å². The van der Waals surface area contributed by atoms with E-state index in [1.165, 1.54) is 6.21 Å². The first kappa shape index (κ1) is 7.44. The number of aliphatic imine (C=N–C) groups is 1. The van der Waals surface area contributed by atoms with E-state index < -0.39 is 0 Å². The average molecular weight is 185 g/mol. The summed E-state index contributed by atoms with van der Waals surface area (Å²) in [6.07, 6.45) is 3.06. The van der Waals surface area contributed by atoms with Crippen molar-refractivity contribution >= 4 is 28.7 Å². The molecule has 1 aromatic carbocycles. The lowest BCUT2D eigenvalue weighted by atomic mass is 10.3. The number of Topliss-reactive ketones (excluding diaryl/α,β-unsaturated/α-hetero) is 1. The molecular weight excluding hydrogens is 178 g/mol. The maximum absolute atomic E-state index is 11.3. The Kier molecular flexibility index (Phi) is 1.33. The van der Waals surface area contributed by atoms with Gasteiger partial charge in [0.15, 0.2) is 5.78 Å². The topological polar surface area (TPSA) is 47.2 Å². The maximum atomic E-state index is 11.3. The highest BCUT2D eigenvalue weighted by molar-refractivity contribution is 6.28. The fourth-order valence-corrected chi connectivity index (χ4v) is 1.68. The minimum absolute atomic E-state index is 0.000463. The molecule has 2 heterocycles. The predicted molar refractivity (Wildman–Crippen MR) is 52.9 cm³/mol. The van der Waals surface area contributed by atoms with Crippen molar-refractivity contribution in [3.8, 4) is 0 Å². The molecule has 4 heteroatoms. The number of hydrogen-bond acceptors (Lipinski definition) is 3. The third kappa shape index (κ3) is 0.907. The summed E-state index contributed by atoms with van der Waals surface area (Å²) in [7, 11) is 0. The molecule has 0 fully saturated rings. The summed E-state index contributed by atoms with van der Waals surface area (Å²) in [5, 5.41) is 0. The van der Waals surface area contributed by atoms with Crippen LogP contribution in [0, 0.1) is 0 Å². The molecule has 68 valence electrons. The summed E-state index contributed by atoms with van der Waals surface area (Å²) in [5.41, 5.74) is 2.63. The minimum atomic E-state index is 0.000463. The predicted octanol–water partition coefficient (Wildman–Crippen LogP) is 1.32. The highest BCUT2D eigenvalue weighted by Crippen LogP contribution is 2.26. The molecule has 0 unspecified atom stereocenters. The molecule has 0 saturated heterocycles. The van der Waals surface area contributed by atoms with Crippen LogP contribution in [-0.4, -0.2) is 21.5 Å². The summed E-state index contributed by atoms with van der Waals surface area (Å²) in [5.74, 6) is 0.000463. The quantitative estimate of drug-likeness (QED) is 0.621. The number of hydrogen-bond donors (Lipinski definition) is 0. The molecule has 0 bridgehead atoms. The molecule has 0 radical (unpaired) electrons. The van der Waals surface area contributed by atoms with Crippen LogP contribution in [0.2, 0.25) is 0 Å². The molecule has 1 aromatic heterocycles. The molecule has 4 nitrogen and oxygen atoms in total. The van der Waals surface area contributed by atoms with Gasteiger partial charge in [0.2, 0.25) is 0 Å². The highest BCUT2D eigenvalue weighted by atomic mass is 16.1. The molecular formula is C10H7N3O. The standard InChI is InChI=1S/C10H7N3O/c14-7-4-11-8-2-1-3-9-10(8)13(5-7)6-12-9/h1-4,6H,5H2. The minimum Gasteiger partial charge on any atom is -0.321 e. The van der Waals surface area contributed by atoms with Crippen molar-refractivity contribution < 1.29 is 4.79 Å². The van der Waals surface area contributed by atoms with Gasteiger partial charge in [0.1, 0.15) is 0 Å². The van der Waals surface area contributed by atoms with Crippen molar-refractivity contribution in [2.75, 3.05) is 0 Å². The van der Waals surface area contributed by atoms with Crippen LogP contribution in [0.3, 0.4) is 0 Å². The van der Waals surface area contributed by atoms with Gasteiger partial charge in [-0.3, -0.25) is 9.79 Å². The molecule has 2 aromatic rings. The van der Waals surface area contributed by atoms with Crippen molar-refractivity contribution in [3.63, 3.8) is 0 Å². The third-order valence-electron chi connectivity index (χ3n) is 2.29. The largest absolute Gasteiger partial charge is 0.321 e. The number of rotatable bonds is 0. The Morgan fingerprint density at radius 3 is 3.21 bits per heavy atom. The molecule has 0 N–H and O–H groups in total. The van der Waals surface area contributed by atoms with E-state index in [1.807, 2.05) is 22.8 Å². The lowest BCUT2D eigenvalue weighted by Crippen LogP contribution is -2.07. The number of carbonyl (C=O) groups excluding carboxylic acids is 1. The second-order valence-corrected chi connectivity index (χ2v) is 3.24. The van der Waals surface area contributed by atoms with Crippen LogP contribution in [-0.2, 0) is 11.3 Å². The van der Waals surface area contributed by atoms with Gasteiger partial charge in [0.25, 0.3) is 0 Å². The number of para-hydroxylation sites is 1. The van der Waals surface area contributed by atoms with E-state index >= 15 is 0 Å². The van der Waals surface area contributed by atoms with E-state index in [0.29, 0.717) is 6.54 Å². The van der Waals surface area contributed by atoms with Gasteiger partial charge < -0.3 is 4.57 Å². The Morgan fingerprint density at radius 2 is 2.29 bits per heavy atom. The summed E-state index contributed by atoms with van der Waals surface area (Å²) in [6.45, 7) is 0.330. The van der Waals surface area contributed by atoms with E-state index in [9.17, 15) is 4.79 Å². The molecule has 0 spiro atoms. The van der Waals surface area contributed by atoms with Gasteiger partial charge in [-0.05, 0) is 12.1 Å². The molecule has 0 atom stereocenters. The van der Waals surface area contributed by atoms with Crippen molar-refractivity contribution in [3.05, 3.63) is 24.5 Å². The number of ketones is 1. The summed E-state index contributed by atoms with van der Waals surface area (Å²) in [6, 6.07) is 5.69. The van der Waals surface area contributed by atoms with E-state index in [0.717, 1.165) is 16.7 Å². The lowest BCUT2D eigenvalue weighted by molar-refractivity contribution is -0.113. The zero-order valence-corrected chi connectivity index (χ0v) is 7.34. The lowest BCUT2D eigenvalue weighted by Gasteiger charge is -1.98. The molecule has 0 aliphatic carbocycles. The van der Waals surface area contributed by atoms with Crippen molar-refractivity contribution in [2.45, 2.75) is 6.54 Å². The van der Waals surface area contributed by atoms with Crippen LogP contribution in [0.25, 0.3) is 11.0 Å². The average Bonchev–Trinajstić information content (AvgIpc) is 2.51. The summed E-state index contributed by atoms with van der Waals surface area (Å²) >= 11 is 0. The molecule has 3 rings (SSSR count). The first-order chi connectivity index (χ1) is 6.84. The molecule has 1 aliphatic rings. The first-order valence-corrected chi connectivity index (χ1v) is 4.35. The number of aromatic nitrogens is 2. The fraction of sp³-hybridized carbons (Fsp3) is 0.100. The molecule has 14 heavy (non-hydrogen) atoms. The molecule has 0 saturated carbocycles. The fourth-order valence-electron chi connectivity index (χ4n) is 1.68. The van der Waals surface area contributed by atoms with Crippen LogP contribution in [0.4, 0.5) is 5.69 Å². The number of imidazole rings is 1. The van der Waals surface area contributed by atoms with Gasteiger partial charge in [-0.1, -0.05) is 6.07 Å². The smallest absolute Gasteiger partial charge is 0.193 e. The van der Waals surface area contributed by atoms with Crippen LogP contribution >= 0.6 is 0 Å². The van der Waals surface area contributed by atoms with Crippen LogP contribution < -0.4 is 0 Å². The van der Waals surface area contributed by atoms with Gasteiger partial charge in [0.05, 0.1) is 35.8 Å². The zero-order chi connectivity index (χ0) is 9.54. The summed E-state index contributed by atoms with van der Waals surface area (Å²) < 4.78 is 1.83. The Morgan fingerprint density at radius 1 is 1.36 bits per heavy atom. The number of nitrogens with zero attached hydrogens (tertiary/aromatic N) is 3. The third-order valence-corrected chi connectivity index (χ3v) is 2.29. The second-order valence-electron chi connectivity index (χ2n) is 3.24. The zero-order valence-electron chi connectivity index (χ0n) is 7.34. The summed E-state index contributed by atoms with van der Waals surface area (Å²) in [4.78, 5) is 19.6. The van der Waals surface area contributed by atoms with E-state index in [4.69, 9.17) is 0 Å². The Bertz CT molecular complexity index is 553. The Hall–Kier alpha value is -1.97. The highest BCUT2D eigenvalue weighted by Gasteiger charge is 2.12. The van der Waals surface area contributed by atoms with Crippen LogP contribution in [0.1, 0.15) is 0 Å². The maximum Gasteiger partial charge on any atom is 0.193 e. The Labute approximate surface area is 79.9 Å². The molecule has 1 aliphatic heterocycles. The van der Waals surface area contributed by atoms with Gasteiger partial charge in [0, 0.05) is 0 Å². The normalized spacial score (nSPS) is 14.7. The number of benzene rings is 1. The molecule has 0 amide bonds. The van der Waals surface area contributed by atoms with Gasteiger partial charge in [-0.25, -0.2) is 4.98 Å². The van der Waals surface area contributed by atoms with E-state index in [2.05, 4.69) is 9.98 Å². The van der Waals surface area contributed by atoms with Gasteiger partial charge in [-0.2, -0.15) is 0 Å².